The van der Waals surface area contributed by atoms with Gasteiger partial charge < -0.3 is 10.2 Å². The molecule has 0 saturated carbocycles. The quantitative estimate of drug-likeness (QED) is 0.748. The SMILES string of the molecule is CC[C@@H](C)NC(=O)[C@H](C)N(Cc1ccc(F)cc1)C(=O)Cc1ccccc1C. The Labute approximate surface area is 166 Å². The number of carbonyl (C=O) groups excluding carboxylic acids is 2. The van der Waals surface area contributed by atoms with Crippen LogP contribution in [-0.2, 0) is 22.6 Å². The molecule has 0 fully saturated rings. The van der Waals surface area contributed by atoms with Gasteiger partial charge >= 0.3 is 0 Å². The summed E-state index contributed by atoms with van der Waals surface area (Å²) in [5.74, 6) is -0.649. The molecule has 150 valence electrons. The molecule has 0 bridgehead atoms. The Morgan fingerprint density at radius 1 is 1.07 bits per heavy atom. The smallest absolute Gasteiger partial charge is 0.242 e. The van der Waals surface area contributed by atoms with Gasteiger partial charge in [-0.2, -0.15) is 0 Å². The van der Waals surface area contributed by atoms with Gasteiger partial charge in [-0.15, -0.1) is 0 Å². The zero-order valence-corrected chi connectivity index (χ0v) is 17.0. The van der Waals surface area contributed by atoms with Gasteiger partial charge in [-0.05, 0) is 56.0 Å². The monoisotopic (exact) mass is 384 g/mol. The van der Waals surface area contributed by atoms with Gasteiger partial charge in [0.2, 0.25) is 11.8 Å². The lowest BCUT2D eigenvalue weighted by atomic mass is 10.0. The van der Waals surface area contributed by atoms with Crippen LogP contribution in [0.5, 0.6) is 0 Å². The van der Waals surface area contributed by atoms with Crippen LogP contribution in [0.25, 0.3) is 0 Å². The highest BCUT2D eigenvalue weighted by Gasteiger charge is 2.27. The van der Waals surface area contributed by atoms with Crippen LogP contribution < -0.4 is 5.32 Å². The summed E-state index contributed by atoms with van der Waals surface area (Å²) in [5, 5.41) is 2.94. The molecular formula is C23H29FN2O2. The summed E-state index contributed by atoms with van der Waals surface area (Å²) < 4.78 is 13.2. The Kier molecular flexibility index (Phi) is 7.73. The number of nitrogens with one attached hydrogen (secondary N) is 1. The molecule has 0 saturated heterocycles. The highest BCUT2D eigenvalue weighted by Crippen LogP contribution is 2.15. The summed E-state index contributed by atoms with van der Waals surface area (Å²) in [7, 11) is 0. The molecule has 2 atom stereocenters. The van der Waals surface area contributed by atoms with E-state index >= 15 is 0 Å². The average Bonchev–Trinajstić information content (AvgIpc) is 2.68. The molecule has 0 radical (unpaired) electrons. The predicted molar refractivity (Wildman–Crippen MR) is 109 cm³/mol. The molecular weight excluding hydrogens is 355 g/mol. The van der Waals surface area contributed by atoms with Crippen molar-refractivity contribution in [3.05, 3.63) is 71.0 Å². The van der Waals surface area contributed by atoms with Crippen LogP contribution >= 0.6 is 0 Å². The van der Waals surface area contributed by atoms with Gasteiger partial charge in [-0.1, -0.05) is 43.3 Å². The Morgan fingerprint density at radius 3 is 2.32 bits per heavy atom. The summed E-state index contributed by atoms with van der Waals surface area (Å²) >= 11 is 0. The van der Waals surface area contributed by atoms with Crippen molar-refractivity contribution in [1.82, 2.24) is 10.2 Å². The van der Waals surface area contributed by atoms with Crippen LogP contribution in [0.1, 0.15) is 43.9 Å². The molecule has 0 heterocycles. The number of rotatable bonds is 8. The molecule has 0 aliphatic carbocycles. The van der Waals surface area contributed by atoms with Crippen LogP contribution in [0, 0.1) is 12.7 Å². The van der Waals surface area contributed by atoms with E-state index in [9.17, 15) is 14.0 Å². The number of hydrogen-bond donors (Lipinski definition) is 1. The molecule has 0 spiro atoms. The van der Waals surface area contributed by atoms with Gasteiger partial charge in [-0.3, -0.25) is 9.59 Å². The van der Waals surface area contributed by atoms with Crippen molar-refractivity contribution >= 4 is 11.8 Å². The van der Waals surface area contributed by atoms with Crippen LogP contribution in [-0.4, -0.2) is 28.8 Å². The van der Waals surface area contributed by atoms with Gasteiger partial charge in [0.15, 0.2) is 0 Å². The number of halogens is 1. The molecule has 1 N–H and O–H groups in total. The van der Waals surface area contributed by atoms with Gasteiger partial charge in [0.05, 0.1) is 6.42 Å². The highest BCUT2D eigenvalue weighted by atomic mass is 19.1. The Bertz CT molecular complexity index is 805. The molecule has 2 amide bonds. The normalized spacial score (nSPS) is 12.9. The molecule has 2 aromatic rings. The minimum absolute atomic E-state index is 0.0362. The minimum Gasteiger partial charge on any atom is -0.352 e. The lowest BCUT2D eigenvalue weighted by Crippen LogP contribution is -2.49. The highest BCUT2D eigenvalue weighted by molar-refractivity contribution is 5.88. The average molecular weight is 384 g/mol. The van der Waals surface area contributed by atoms with Crippen molar-refractivity contribution in [1.29, 1.82) is 0 Å². The molecule has 4 nitrogen and oxygen atoms in total. The fraction of sp³-hybridized carbons (Fsp3) is 0.391. The lowest BCUT2D eigenvalue weighted by Gasteiger charge is -2.30. The van der Waals surface area contributed by atoms with E-state index in [0.29, 0.717) is 0 Å². The van der Waals surface area contributed by atoms with E-state index in [-0.39, 0.29) is 36.6 Å². The summed E-state index contributed by atoms with van der Waals surface area (Å²) in [6.45, 7) is 7.88. The number of amides is 2. The van der Waals surface area contributed by atoms with Crippen molar-refractivity contribution < 1.29 is 14.0 Å². The van der Waals surface area contributed by atoms with Gasteiger partial charge in [0, 0.05) is 12.6 Å². The number of benzene rings is 2. The summed E-state index contributed by atoms with van der Waals surface area (Å²) in [5.41, 5.74) is 2.75. The Balaban J connectivity index is 2.23. The second kappa shape index (κ2) is 10.0. The third-order valence-corrected chi connectivity index (χ3v) is 5.04. The first kappa shape index (κ1) is 21.6. The molecule has 2 rings (SSSR count). The largest absolute Gasteiger partial charge is 0.352 e. The third-order valence-electron chi connectivity index (χ3n) is 5.04. The standard InChI is InChI=1S/C23H29FN2O2/c1-5-17(3)25-23(28)18(4)26(15-19-10-12-21(24)13-11-19)22(27)14-20-9-7-6-8-16(20)2/h6-13,17-18H,5,14-15H2,1-4H3,(H,25,28)/t17-,18+/m1/s1. The predicted octanol–water partition coefficient (Wildman–Crippen LogP) is 4.01. The van der Waals surface area contributed by atoms with Crippen LogP contribution in [0.15, 0.2) is 48.5 Å². The first-order valence-corrected chi connectivity index (χ1v) is 9.70. The van der Waals surface area contributed by atoms with E-state index in [4.69, 9.17) is 0 Å². The van der Waals surface area contributed by atoms with E-state index in [1.807, 2.05) is 45.0 Å². The third kappa shape index (κ3) is 5.91. The minimum atomic E-state index is -0.629. The molecule has 5 heteroatoms. The second-order valence-electron chi connectivity index (χ2n) is 7.25. The van der Waals surface area contributed by atoms with E-state index < -0.39 is 6.04 Å². The Hall–Kier alpha value is -2.69. The second-order valence-corrected chi connectivity index (χ2v) is 7.25. The number of carbonyl (C=O) groups is 2. The fourth-order valence-corrected chi connectivity index (χ4v) is 2.91. The van der Waals surface area contributed by atoms with Gasteiger partial charge in [0.25, 0.3) is 0 Å². The molecule has 28 heavy (non-hydrogen) atoms. The first-order chi connectivity index (χ1) is 13.3. The van der Waals surface area contributed by atoms with E-state index in [1.165, 1.54) is 12.1 Å². The zero-order valence-electron chi connectivity index (χ0n) is 17.0. The fourth-order valence-electron chi connectivity index (χ4n) is 2.91. The van der Waals surface area contributed by atoms with Crippen molar-refractivity contribution in [3.63, 3.8) is 0 Å². The maximum atomic E-state index is 13.2. The van der Waals surface area contributed by atoms with Crippen LogP contribution in [0.3, 0.4) is 0 Å². The van der Waals surface area contributed by atoms with Crippen LogP contribution in [0.2, 0.25) is 0 Å². The van der Waals surface area contributed by atoms with Crippen LogP contribution in [0.4, 0.5) is 4.39 Å². The molecule has 0 aromatic heterocycles. The topological polar surface area (TPSA) is 49.4 Å². The summed E-state index contributed by atoms with van der Waals surface area (Å²) in [6.07, 6.45) is 1.03. The number of aryl methyl sites for hydroxylation is 1. The number of nitrogens with zero attached hydrogens (tertiary/aromatic N) is 1. The van der Waals surface area contributed by atoms with Crippen molar-refractivity contribution in [3.8, 4) is 0 Å². The summed E-state index contributed by atoms with van der Waals surface area (Å²) in [4.78, 5) is 27.3. The van der Waals surface area contributed by atoms with Crippen molar-refractivity contribution in [2.45, 2.75) is 59.2 Å². The summed E-state index contributed by atoms with van der Waals surface area (Å²) in [6, 6.07) is 13.1. The van der Waals surface area contributed by atoms with E-state index in [2.05, 4.69) is 5.32 Å². The number of hydrogen-bond acceptors (Lipinski definition) is 2. The zero-order chi connectivity index (χ0) is 20.7. The van der Waals surface area contributed by atoms with Gasteiger partial charge in [-0.25, -0.2) is 4.39 Å². The lowest BCUT2D eigenvalue weighted by molar-refractivity contribution is -0.140. The maximum absolute atomic E-state index is 13.2. The molecule has 0 aliphatic rings. The maximum Gasteiger partial charge on any atom is 0.242 e. The molecule has 0 aliphatic heterocycles. The van der Waals surface area contributed by atoms with Crippen molar-refractivity contribution in [2.75, 3.05) is 0 Å². The Morgan fingerprint density at radius 2 is 1.71 bits per heavy atom. The molecule has 0 unspecified atom stereocenters. The van der Waals surface area contributed by atoms with E-state index in [0.717, 1.165) is 23.1 Å². The first-order valence-electron chi connectivity index (χ1n) is 9.70. The van der Waals surface area contributed by atoms with E-state index in [1.54, 1.807) is 24.0 Å². The van der Waals surface area contributed by atoms with Gasteiger partial charge in [0.1, 0.15) is 11.9 Å². The molecule has 2 aromatic carbocycles. The van der Waals surface area contributed by atoms with Crippen molar-refractivity contribution in [2.24, 2.45) is 0 Å².